The van der Waals surface area contributed by atoms with Crippen LogP contribution in [0.5, 0.6) is 0 Å². The second kappa shape index (κ2) is 5.83. The quantitative estimate of drug-likeness (QED) is 0.863. The van der Waals surface area contributed by atoms with Gasteiger partial charge in [-0.05, 0) is 25.0 Å². The molecule has 0 spiro atoms. The van der Waals surface area contributed by atoms with Gasteiger partial charge in [0, 0.05) is 37.6 Å². The van der Waals surface area contributed by atoms with E-state index in [4.69, 9.17) is 0 Å². The van der Waals surface area contributed by atoms with Crippen LogP contribution in [0.1, 0.15) is 39.3 Å². The van der Waals surface area contributed by atoms with Crippen LogP contribution in [0.3, 0.4) is 0 Å². The van der Waals surface area contributed by atoms with E-state index in [0.29, 0.717) is 11.9 Å². The summed E-state index contributed by atoms with van der Waals surface area (Å²) in [6.07, 6.45) is 2.14. The highest BCUT2D eigenvalue weighted by Gasteiger charge is 2.32. The lowest BCUT2D eigenvalue weighted by Crippen LogP contribution is -2.44. The van der Waals surface area contributed by atoms with Gasteiger partial charge in [0.05, 0.1) is 5.69 Å². The zero-order valence-corrected chi connectivity index (χ0v) is 13.7. The molecule has 2 amide bonds. The lowest BCUT2D eigenvalue weighted by Gasteiger charge is -2.31. The summed E-state index contributed by atoms with van der Waals surface area (Å²) in [4.78, 5) is 16.9. The molecule has 0 atom stereocenters. The number of hydrogen-bond acceptors (Lipinski definition) is 4. The standard InChI is InChI=1S/C16H25N5O/c1-16(2,3)13-4-5-14(19-18-13)17-15(22)21-11-10-20-8-6-12(21)7-9-20/h4-5,12H,6-11H2,1-3H3,(H,17,19,22). The minimum Gasteiger partial charge on any atom is -0.320 e. The number of carbonyl (C=O) groups is 1. The third-order valence-electron chi connectivity index (χ3n) is 4.58. The largest absolute Gasteiger partial charge is 0.323 e. The molecular formula is C16H25N5O. The van der Waals surface area contributed by atoms with E-state index >= 15 is 0 Å². The van der Waals surface area contributed by atoms with Crippen LogP contribution in [-0.2, 0) is 5.41 Å². The second-order valence-corrected chi connectivity index (χ2v) is 7.25. The van der Waals surface area contributed by atoms with Crippen molar-refractivity contribution in [2.24, 2.45) is 0 Å². The molecule has 1 aromatic rings. The number of fused-ring (bicyclic) bond motifs is 4. The van der Waals surface area contributed by atoms with Gasteiger partial charge in [0.1, 0.15) is 0 Å². The Kier molecular flexibility index (Phi) is 4.04. The number of piperidine rings is 1. The first-order valence-corrected chi connectivity index (χ1v) is 8.08. The maximum atomic E-state index is 12.5. The molecule has 3 aliphatic rings. The van der Waals surface area contributed by atoms with Crippen molar-refractivity contribution < 1.29 is 4.79 Å². The molecule has 2 bridgehead atoms. The molecule has 0 aromatic carbocycles. The summed E-state index contributed by atoms with van der Waals surface area (Å²) >= 11 is 0. The predicted molar refractivity (Wildman–Crippen MR) is 85.9 cm³/mol. The fourth-order valence-corrected chi connectivity index (χ4v) is 3.13. The van der Waals surface area contributed by atoms with E-state index in [9.17, 15) is 4.79 Å². The Morgan fingerprint density at radius 1 is 1.14 bits per heavy atom. The zero-order chi connectivity index (χ0) is 15.7. The van der Waals surface area contributed by atoms with E-state index in [1.54, 1.807) is 0 Å². The van der Waals surface area contributed by atoms with Gasteiger partial charge in [-0.25, -0.2) is 4.79 Å². The van der Waals surface area contributed by atoms with Crippen molar-refractivity contribution in [2.45, 2.75) is 45.1 Å². The molecule has 120 valence electrons. The van der Waals surface area contributed by atoms with Gasteiger partial charge in [0.25, 0.3) is 0 Å². The van der Waals surface area contributed by atoms with Crippen LogP contribution in [0.2, 0.25) is 0 Å². The Bertz CT molecular complexity index is 528. The Morgan fingerprint density at radius 3 is 2.45 bits per heavy atom. The Labute approximate surface area is 131 Å². The van der Waals surface area contributed by atoms with Gasteiger partial charge < -0.3 is 9.80 Å². The van der Waals surface area contributed by atoms with Crippen molar-refractivity contribution in [1.82, 2.24) is 20.0 Å². The first-order chi connectivity index (χ1) is 10.4. The molecule has 3 saturated heterocycles. The summed E-state index contributed by atoms with van der Waals surface area (Å²) in [5.74, 6) is 0.525. The normalized spacial score (nSPS) is 25.0. The van der Waals surface area contributed by atoms with E-state index in [0.717, 1.165) is 44.7 Å². The number of nitrogens with one attached hydrogen (secondary N) is 1. The Morgan fingerprint density at radius 2 is 1.86 bits per heavy atom. The average molecular weight is 303 g/mol. The van der Waals surface area contributed by atoms with Crippen LogP contribution in [-0.4, -0.2) is 58.2 Å². The Balaban J connectivity index is 1.66. The third-order valence-corrected chi connectivity index (χ3v) is 4.58. The minimum atomic E-state index is -0.0495. The lowest BCUT2D eigenvalue weighted by molar-refractivity contribution is 0.182. The number of hydrogen-bond donors (Lipinski definition) is 1. The monoisotopic (exact) mass is 303 g/mol. The molecule has 1 N–H and O–H groups in total. The highest BCUT2D eigenvalue weighted by Crippen LogP contribution is 2.22. The molecule has 6 heteroatoms. The van der Waals surface area contributed by atoms with Gasteiger partial charge in [0.15, 0.2) is 5.82 Å². The van der Waals surface area contributed by atoms with Crippen LogP contribution in [0.15, 0.2) is 12.1 Å². The van der Waals surface area contributed by atoms with Crippen molar-refractivity contribution in [2.75, 3.05) is 31.5 Å². The van der Waals surface area contributed by atoms with E-state index < -0.39 is 0 Å². The molecule has 0 saturated carbocycles. The van der Waals surface area contributed by atoms with Crippen molar-refractivity contribution in [3.63, 3.8) is 0 Å². The number of amides is 2. The van der Waals surface area contributed by atoms with Crippen LogP contribution in [0, 0.1) is 0 Å². The lowest BCUT2D eigenvalue weighted by atomic mass is 9.92. The number of aromatic nitrogens is 2. The number of nitrogens with zero attached hydrogens (tertiary/aromatic N) is 4. The van der Waals surface area contributed by atoms with Crippen molar-refractivity contribution >= 4 is 11.8 Å². The SMILES string of the molecule is CC(C)(C)c1ccc(NC(=O)N2CCN3CCC2CC3)nn1. The molecule has 0 unspecified atom stereocenters. The van der Waals surface area contributed by atoms with Crippen molar-refractivity contribution in [3.8, 4) is 0 Å². The highest BCUT2D eigenvalue weighted by atomic mass is 16.2. The third kappa shape index (κ3) is 3.21. The van der Waals surface area contributed by atoms with Gasteiger partial charge in [0.2, 0.25) is 0 Å². The highest BCUT2D eigenvalue weighted by molar-refractivity contribution is 5.88. The van der Waals surface area contributed by atoms with E-state index in [1.165, 1.54) is 0 Å². The summed E-state index contributed by atoms with van der Waals surface area (Å²) < 4.78 is 0. The molecule has 4 heterocycles. The smallest absolute Gasteiger partial charge is 0.320 e. The number of anilines is 1. The fourth-order valence-electron chi connectivity index (χ4n) is 3.13. The maximum Gasteiger partial charge on any atom is 0.323 e. The summed E-state index contributed by atoms with van der Waals surface area (Å²) in [7, 11) is 0. The molecule has 4 rings (SSSR count). The van der Waals surface area contributed by atoms with Gasteiger partial charge in [-0.1, -0.05) is 20.8 Å². The van der Waals surface area contributed by atoms with E-state index in [-0.39, 0.29) is 11.4 Å². The molecule has 0 radical (unpaired) electrons. The van der Waals surface area contributed by atoms with Crippen LogP contribution < -0.4 is 5.32 Å². The minimum absolute atomic E-state index is 0.0341. The molecular weight excluding hydrogens is 278 g/mol. The number of urea groups is 1. The maximum absolute atomic E-state index is 12.5. The van der Waals surface area contributed by atoms with Gasteiger partial charge in [-0.3, -0.25) is 5.32 Å². The first-order valence-electron chi connectivity index (χ1n) is 8.08. The van der Waals surface area contributed by atoms with E-state index in [1.807, 2.05) is 17.0 Å². The zero-order valence-electron chi connectivity index (χ0n) is 13.7. The summed E-state index contributed by atoms with van der Waals surface area (Å²) in [6.45, 7) is 10.3. The fraction of sp³-hybridized carbons (Fsp3) is 0.688. The van der Waals surface area contributed by atoms with Gasteiger partial charge >= 0.3 is 6.03 Å². The van der Waals surface area contributed by atoms with E-state index in [2.05, 4.69) is 41.2 Å². The van der Waals surface area contributed by atoms with Crippen LogP contribution in [0.4, 0.5) is 10.6 Å². The summed E-state index contributed by atoms with van der Waals surface area (Å²) in [5.41, 5.74) is 0.889. The molecule has 0 aliphatic carbocycles. The van der Waals surface area contributed by atoms with Crippen LogP contribution in [0.25, 0.3) is 0 Å². The Hall–Kier alpha value is -1.69. The first kappa shape index (κ1) is 15.2. The summed E-state index contributed by atoms with van der Waals surface area (Å²) in [6, 6.07) is 4.08. The average Bonchev–Trinajstić information content (AvgIpc) is 2.80. The van der Waals surface area contributed by atoms with Gasteiger partial charge in [-0.2, -0.15) is 5.10 Å². The van der Waals surface area contributed by atoms with Crippen LogP contribution >= 0.6 is 0 Å². The van der Waals surface area contributed by atoms with Gasteiger partial charge in [-0.15, -0.1) is 5.10 Å². The number of carbonyl (C=O) groups excluding carboxylic acids is 1. The summed E-state index contributed by atoms with van der Waals surface area (Å²) in [5, 5.41) is 11.3. The molecule has 6 nitrogen and oxygen atoms in total. The number of rotatable bonds is 1. The molecule has 1 aromatic heterocycles. The predicted octanol–water partition coefficient (Wildman–Crippen LogP) is 2.09. The topological polar surface area (TPSA) is 61.4 Å². The van der Waals surface area contributed by atoms with Crippen molar-refractivity contribution in [3.05, 3.63) is 17.8 Å². The molecule has 3 aliphatic heterocycles. The van der Waals surface area contributed by atoms with Crippen molar-refractivity contribution in [1.29, 1.82) is 0 Å². The molecule has 3 fully saturated rings. The second-order valence-electron chi connectivity index (χ2n) is 7.25. The molecule has 22 heavy (non-hydrogen) atoms.